The summed E-state index contributed by atoms with van der Waals surface area (Å²) in [6.45, 7) is 8.37. The summed E-state index contributed by atoms with van der Waals surface area (Å²) >= 11 is 0. The van der Waals surface area contributed by atoms with Crippen LogP contribution in [0.5, 0.6) is 0 Å². The molecule has 0 aliphatic carbocycles. The molecule has 0 radical (unpaired) electrons. The van der Waals surface area contributed by atoms with Gasteiger partial charge in [-0.05, 0) is 28.2 Å². The fraction of sp³-hybridized carbons (Fsp3) is 0.333. The molecule has 2 aromatic carbocycles. The molecule has 1 atom stereocenters. The zero-order valence-corrected chi connectivity index (χ0v) is 17.5. The minimum Gasteiger partial charge on any atom is -0.361 e. The lowest BCUT2D eigenvalue weighted by molar-refractivity contribution is -0.128. The second-order valence-electron chi connectivity index (χ2n) is 8.48. The van der Waals surface area contributed by atoms with Gasteiger partial charge in [0, 0.05) is 37.0 Å². The van der Waals surface area contributed by atoms with Crippen molar-refractivity contribution in [2.24, 2.45) is 0 Å². The third-order valence-corrected chi connectivity index (χ3v) is 5.08. The van der Waals surface area contributed by atoms with Crippen LogP contribution in [0, 0.1) is 0 Å². The molecule has 3 aromatic rings. The minimum absolute atomic E-state index is 0.0949. The molecule has 152 valence electrons. The molecule has 0 fully saturated rings. The molecule has 29 heavy (non-hydrogen) atoms. The summed E-state index contributed by atoms with van der Waals surface area (Å²) in [5.74, 6) is -0.412. The topological polar surface area (TPSA) is 74.0 Å². The van der Waals surface area contributed by atoms with Crippen molar-refractivity contribution in [1.82, 2.24) is 15.6 Å². The van der Waals surface area contributed by atoms with Crippen molar-refractivity contribution in [2.75, 3.05) is 0 Å². The lowest BCUT2D eigenvalue weighted by Crippen LogP contribution is -2.47. The number of nitrogens with one attached hydrogen (secondary N) is 3. The molecular formula is C24H29N3O2. The highest BCUT2D eigenvalue weighted by Gasteiger charge is 2.21. The van der Waals surface area contributed by atoms with Crippen molar-refractivity contribution in [3.63, 3.8) is 0 Å². The van der Waals surface area contributed by atoms with E-state index in [4.69, 9.17) is 0 Å². The monoisotopic (exact) mass is 391 g/mol. The van der Waals surface area contributed by atoms with E-state index in [1.54, 1.807) is 0 Å². The lowest BCUT2D eigenvalue weighted by atomic mass is 9.87. The van der Waals surface area contributed by atoms with Crippen molar-refractivity contribution in [2.45, 2.75) is 52.1 Å². The van der Waals surface area contributed by atoms with E-state index >= 15 is 0 Å². The average Bonchev–Trinajstić information content (AvgIpc) is 3.08. The molecule has 0 saturated carbocycles. The van der Waals surface area contributed by atoms with E-state index in [0.717, 1.165) is 22.0 Å². The van der Waals surface area contributed by atoms with E-state index < -0.39 is 6.04 Å². The second-order valence-corrected chi connectivity index (χ2v) is 8.48. The largest absolute Gasteiger partial charge is 0.361 e. The molecule has 0 saturated heterocycles. The van der Waals surface area contributed by atoms with E-state index in [1.807, 2.05) is 42.6 Å². The predicted molar refractivity (Wildman–Crippen MR) is 117 cm³/mol. The van der Waals surface area contributed by atoms with Gasteiger partial charge in [-0.2, -0.15) is 0 Å². The predicted octanol–water partition coefficient (Wildman–Crippen LogP) is 3.83. The van der Waals surface area contributed by atoms with Crippen molar-refractivity contribution < 1.29 is 9.59 Å². The number of para-hydroxylation sites is 1. The third kappa shape index (κ3) is 5.25. The fourth-order valence-corrected chi connectivity index (χ4v) is 3.41. The number of aromatic nitrogens is 1. The number of carbonyl (C=O) groups excluding carboxylic acids is 2. The smallest absolute Gasteiger partial charge is 0.243 e. The SMILES string of the molecule is CC(=O)N[C@H](Cc1c[nH]c2ccccc12)C(=O)NCc1ccc(C(C)(C)C)cc1. The highest BCUT2D eigenvalue weighted by molar-refractivity contribution is 5.89. The maximum atomic E-state index is 12.8. The van der Waals surface area contributed by atoms with Crippen LogP contribution in [-0.2, 0) is 28.0 Å². The molecule has 0 unspecified atom stereocenters. The average molecular weight is 392 g/mol. The maximum Gasteiger partial charge on any atom is 0.243 e. The molecular weight excluding hydrogens is 362 g/mol. The first-order valence-electron chi connectivity index (χ1n) is 9.93. The van der Waals surface area contributed by atoms with Gasteiger partial charge < -0.3 is 15.6 Å². The molecule has 0 aliphatic heterocycles. The number of rotatable bonds is 6. The molecule has 0 spiro atoms. The van der Waals surface area contributed by atoms with E-state index in [1.165, 1.54) is 12.5 Å². The third-order valence-electron chi connectivity index (χ3n) is 5.08. The van der Waals surface area contributed by atoms with Crippen LogP contribution in [0.3, 0.4) is 0 Å². The number of carbonyl (C=O) groups is 2. The Morgan fingerprint density at radius 3 is 2.38 bits per heavy atom. The summed E-state index contributed by atoms with van der Waals surface area (Å²) in [7, 11) is 0. The van der Waals surface area contributed by atoms with Gasteiger partial charge in [-0.15, -0.1) is 0 Å². The molecule has 1 aromatic heterocycles. The number of benzene rings is 2. The fourth-order valence-electron chi connectivity index (χ4n) is 3.41. The Labute approximate surface area is 171 Å². The van der Waals surface area contributed by atoms with Gasteiger partial charge in [-0.1, -0.05) is 63.2 Å². The van der Waals surface area contributed by atoms with Crippen LogP contribution >= 0.6 is 0 Å². The summed E-state index contributed by atoms with van der Waals surface area (Å²) in [6.07, 6.45) is 2.33. The number of hydrogen-bond donors (Lipinski definition) is 3. The van der Waals surface area contributed by atoms with Crippen LogP contribution in [0.25, 0.3) is 10.9 Å². The first-order valence-corrected chi connectivity index (χ1v) is 9.93. The van der Waals surface area contributed by atoms with Crippen molar-refractivity contribution in [3.8, 4) is 0 Å². The Morgan fingerprint density at radius 2 is 1.72 bits per heavy atom. The van der Waals surface area contributed by atoms with Gasteiger partial charge in [0.25, 0.3) is 0 Å². The molecule has 3 rings (SSSR count). The summed E-state index contributed by atoms with van der Waals surface area (Å²) in [6, 6.07) is 15.6. The zero-order valence-electron chi connectivity index (χ0n) is 17.5. The van der Waals surface area contributed by atoms with Gasteiger partial charge in [0.2, 0.25) is 11.8 Å². The molecule has 5 nitrogen and oxygen atoms in total. The summed E-state index contributed by atoms with van der Waals surface area (Å²) in [5.41, 5.74) is 4.40. The van der Waals surface area contributed by atoms with Gasteiger partial charge in [0.15, 0.2) is 0 Å². The van der Waals surface area contributed by atoms with E-state index in [2.05, 4.69) is 48.5 Å². The van der Waals surface area contributed by atoms with Crippen LogP contribution in [0.2, 0.25) is 0 Å². The number of aromatic amines is 1. The standard InChI is InChI=1S/C24H29N3O2/c1-16(28)27-22(13-18-15-25-21-8-6-5-7-20(18)21)23(29)26-14-17-9-11-19(12-10-17)24(2,3)4/h5-12,15,22,25H,13-14H2,1-4H3,(H,26,29)(H,27,28)/t22-/m1/s1. The Bertz CT molecular complexity index is 997. The van der Waals surface area contributed by atoms with E-state index in [-0.39, 0.29) is 17.2 Å². The number of H-pyrrole nitrogens is 1. The Kier molecular flexibility index (Phi) is 6.06. The molecule has 0 aliphatic rings. The van der Waals surface area contributed by atoms with Gasteiger partial charge in [0.1, 0.15) is 6.04 Å². The highest BCUT2D eigenvalue weighted by Crippen LogP contribution is 2.22. The Morgan fingerprint density at radius 1 is 1.03 bits per heavy atom. The minimum atomic E-state index is -0.624. The zero-order chi connectivity index (χ0) is 21.0. The van der Waals surface area contributed by atoms with Crippen LogP contribution in [0.4, 0.5) is 0 Å². The lowest BCUT2D eigenvalue weighted by Gasteiger charge is -2.20. The van der Waals surface area contributed by atoms with Crippen molar-refractivity contribution >= 4 is 22.7 Å². The molecule has 0 bridgehead atoms. The quantitative estimate of drug-likeness (QED) is 0.597. The summed E-state index contributed by atoms with van der Waals surface area (Å²) < 4.78 is 0. The van der Waals surface area contributed by atoms with Crippen LogP contribution < -0.4 is 10.6 Å². The van der Waals surface area contributed by atoms with Gasteiger partial charge >= 0.3 is 0 Å². The summed E-state index contributed by atoms with van der Waals surface area (Å²) in [4.78, 5) is 27.7. The van der Waals surface area contributed by atoms with Gasteiger partial charge in [0.05, 0.1) is 0 Å². The van der Waals surface area contributed by atoms with Gasteiger partial charge in [-0.25, -0.2) is 0 Å². The van der Waals surface area contributed by atoms with Crippen molar-refractivity contribution in [1.29, 1.82) is 0 Å². The molecule has 5 heteroatoms. The molecule has 3 N–H and O–H groups in total. The highest BCUT2D eigenvalue weighted by atomic mass is 16.2. The van der Waals surface area contributed by atoms with Gasteiger partial charge in [-0.3, -0.25) is 9.59 Å². The number of hydrogen-bond acceptors (Lipinski definition) is 2. The van der Waals surface area contributed by atoms with E-state index in [9.17, 15) is 9.59 Å². The van der Waals surface area contributed by atoms with Crippen LogP contribution in [-0.4, -0.2) is 22.8 Å². The van der Waals surface area contributed by atoms with Crippen LogP contribution in [0.15, 0.2) is 54.7 Å². The normalized spacial score (nSPS) is 12.6. The molecule has 2 amide bonds. The number of fused-ring (bicyclic) bond motifs is 1. The van der Waals surface area contributed by atoms with Crippen molar-refractivity contribution in [3.05, 3.63) is 71.4 Å². The molecule has 1 heterocycles. The maximum absolute atomic E-state index is 12.8. The first-order chi connectivity index (χ1) is 13.7. The summed E-state index contributed by atoms with van der Waals surface area (Å²) in [5, 5.41) is 6.81. The number of amides is 2. The first kappa shape index (κ1) is 20.6. The second kappa shape index (κ2) is 8.52. The Balaban J connectivity index is 1.68. The van der Waals surface area contributed by atoms with Crippen LogP contribution in [0.1, 0.15) is 44.4 Å². The Hall–Kier alpha value is -3.08. The van der Waals surface area contributed by atoms with E-state index in [0.29, 0.717) is 13.0 Å².